The first-order valence-corrected chi connectivity index (χ1v) is 9.41. The van der Waals surface area contributed by atoms with E-state index in [2.05, 4.69) is 0 Å². The van der Waals surface area contributed by atoms with Crippen LogP contribution in [-0.2, 0) is 19.6 Å². The molecule has 0 atom stereocenters. The van der Waals surface area contributed by atoms with Crippen LogP contribution in [0.1, 0.15) is 6.92 Å². The highest BCUT2D eigenvalue weighted by Gasteiger charge is 2.29. The number of benzene rings is 2. The fourth-order valence-electron chi connectivity index (χ4n) is 2.34. The number of hydrogen-bond donors (Lipinski definition) is 0. The summed E-state index contributed by atoms with van der Waals surface area (Å²) >= 11 is 0. The van der Waals surface area contributed by atoms with Gasteiger partial charge in [0.05, 0.1) is 29.2 Å². The van der Waals surface area contributed by atoms with E-state index in [0.29, 0.717) is 4.31 Å². The van der Waals surface area contributed by atoms with Crippen molar-refractivity contribution in [1.82, 2.24) is 0 Å². The van der Waals surface area contributed by atoms with Crippen molar-refractivity contribution in [2.45, 2.75) is 11.8 Å². The van der Waals surface area contributed by atoms with Gasteiger partial charge < -0.3 is 9.47 Å². The average Bonchev–Trinajstić information content (AvgIpc) is 2.66. The van der Waals surface area contributed by atoms with E-state index in [1.54, 1.807) is 6.92 Å². The molecular weight excluding hydrogens is 395 g/mol. The van der Waals surface area contributed by atoms with Gasteiger partial charge in [-0.05, 0) is 31.2 Å². The Morgan fingerprint density at radius 3 is 2.54 bits per heavy atom. The predicted molar refractivity (Wildman–Crippen MR) is 97.2 cm³/mol. The van der Waals surface area contributed by atoms with Gasteiger partial charge in [-0.15, -0.1) is 0 Å². The van der Waals surface area contributed by atoms with E-state index in [-0.39, 0.29) is 23.7 Å². The van der Waals surface area contributed by atoms with E-state index >= 15 is 0 Å². The standard InChI is InChI=1S/C17H17FN2O7S/c1-3-27-17(21)11-19(12-5-4-6-13(9-12)20(22)23)28(24,25)14-7-8-16(26-2)15(18)10-14/h4-10H,3,11H2,1-2H3. The van der Waals surface area contributed by atoms with Crippen LogP contribution in [0.3, 0.4) is 0 Å². The fraction of sp³-hybridized carbons (Fsp3) is 0.235. The Balaban J connectivity index is 2.57. The summed E-state index contributed by atoms with van der Waals surface area (Å²) in [6, 6.07) is 7.69. The Labute approximate surface area is 160 Å². The van der Waals surface area contributed by atoms with Crippen molar-refractivity contribution in [2.24, 2.45) is 0 Å². The SMILES string of the molecule is CCOC(=O)CN(c1cccc([N+](=O)[O-])c1)S(=O)(=O)c1ccc(OC)c(F)c1. The van der Waals surface area contributed by atoms with Crippen molar-refractivity contribution in [3.05, 3.63) is 58.4 Å². The van der Waals surface area contributed by atoms with Gasteiger partial charge in [0.2, 0.25) is 0 Å². The van der Waals surface area contributed by atoms with Crippen molar-refractivity contribution in [1.29, 1.82) is 0 Å². The first kappa shape index (κ1) is 21.1. The zero-order valence-electron chi connectivity index (χ0n) is 15.0. The van der Waals surface area contributed by atoms with Gasteiger partial charge in [-0.25, -0.2) is 12.8 Å². The van der Waals surface area contributed by atoms with Gasteiger partial charge in [-0.2, -0.15) is 0 Å². The summed E-state index contributed by atoms with van der Waals surface area (Å²) in [5.74, 6) is -1.95. The number of anilines is 1. The van der Waals surface area contributed by atoms with E-state index < -0.39 is 38.2 Å². The van der Waals surface area contributed by atoms with Crippen LogP contribution in [0.25, 0.3) is 0 Å². The van der Waals surface area contributed by atoms with Gasteiger partial charge in [0, 0.05) is 12.1 Å². The monoisotopic (exact) mass is 412 g/mol. The lowest BCUT2D eigenvalue weighted by atomic mass is 10.3. The summed E-state index contributed by atoms with van der Waals surface area (Å²) in [6.45, 7) is 0.812. The number of ether oxygens (including phenoxy) is 2. The molecular formula is C17H17FN2O7S. The molecule has 0 radical (unpaired) electrons. The minimum absolute atomic E-state index is 0.0127. The molecule has 0 fully saturated rings. The maximum Gasteiger partial charge on any atom is 0.326 e. The molecule has 0 aliphatic heterocycles. The number of nitro groups is 1. The van der Waals surface area contributed by atoms with E-state index in [1.165, 1.54) is 25.3 Å². The molecule has 0 amide bonds. The molecule has 2 rings (SSSR count). The summed E-state index contributed by atoms with van der Waals surface area (Å²) in [5.41, 5.74) is -0.513. The first-order chi connectivity index (χ1) is 13.2. The average molecular weight is 412 g/mol. The van der Waals surface area contributed by atoms with Crippen molar-refractivity contribution < 1.29 is 32.0 Å². The second-order valence-electron chi connectivity index (χ2n) is 5.39. The van der Waals surface area contributed by atoms with Crippen LogP contribution in [0.2, 0.25) is 0 Å². The molecule has 2 aromatic carbocycles. The summed E-state index contributed by atoms with van der Waals surface area (Å²) in [6.07, 6.45) is 0. The lowest BCUT2D eigenvalue weighted by Crippen LogP contribution is -2.36. The third-order valence-electron chi connectivity index (χ3n) is 3.62. The van der Waals surface area contributed by atoms with E-state index in [9.17, 15) is 27.7 Å². The highest BCUT2D eigenvalue weighted by molar-refractivity contribution is 7.92. The first-order valence-electron chi connectivity index (χ1n) is 7.97. The van der Waals surface area contributed by atoms with Gasteiger partial charge in [-0.3, -0.25) is 19.2 Å². The molecule has 28 heavy (non-hydrogen) atoms. The van der Waals surface area contributed by atoms with Gasteiger partial charge in [-0.1, -0.05) is 6.07 Å². The number of esters is 1. The largest absolute Gasteiger partial charge is 0.494 e. The van der Waals surface area contributed by atoms with Crippen molar-refractivity contribution in [2.75, 3.05) is 24.6 Å². The molecule has 0 bridgehead atoms. The summed E-state index contributed by atoms with van der Waals surface area (Å²) in [7, 11) is -3.22. The maximum absolute atomic E-state index is 14.0. The lowest BCUT2D eigenvalue weighted by molar-refractivity contribution is -0.384. The number of nitrogens with zero attached hydrogens (tertiary/aromatic N) is 2. The molecule has 9 nitrogen and oxygen atoms in total. The number of rotatable bonds is 8. The zero-order chi connectivity index (χ0) is 20.9. The van der Waals surface area contributed by atoms with Crippen LogP contribution in [0.4, 0.5) is 15.8 Å². The molecule has 0 N–H and O–H groups in total. The summed E-state index contributed by atoms with van der Waals surface area (Å²) in [4.78, 5) is 21.8. The molecule has 0 saturated heterocycles. The molecule has 11 heteroatoms. The normalized spacial score (nSPS) is 11.0. The Kier molecular flexibility index (Phi) is 6.52. The topological polar surface area (TPSA) is 116 Å². The van der Waals surface area contributed by atoms with Gasteiger partial charge in [0.25, 0.3) is 15.7 Å². The number of hydrogen-bond acceptors (Lipinski definition) is 7. The quantitative estimate of drug-likeness (QED) is 0.371. The molecule has 0 aliphatic carbocycles. The highest BCUT2D eigenvalue weighted by atomic mass is 32.2. The summed E-state index contributed by atoms with van der Waals surface area (Å²) in [5, 5.41) is 11.0. The zero-order valence-corrected chi connectivity index (χ0v) is 15.8. The molecule has 0 saturated carbocycles. The molecule has 0 heterocycles. The summed E-state index contributed by atoms with van der Waals surface area (Å²) < 4.78 is 50.3. The van der Waals surface area contributed by atoms with Crippen molar-refractivity contribution in [3.63, 3.8) is 0 Å². The van der Waals surface area contributed by atoms with Gasteiger partial charge >= 0.3 is 5.97 Å². The van der Waals surface area contributed by atoms with E-state index in [1.807, 2.05) is 0 Å². The second-order valence-corrected chi connectivity index (χ2v) is 7.25. The van der Waals surface area contributed by atoms with E-state index in [0.717, 1.165) is 24.3 Å². The van der Waals surface area contributed by atoms with Crippen LogP contribution in [-0.4, -0.2) is 39.6 Å². The highest BCUT2D eigenvalue weighted by Crippen LogP contribution is 2.29. The smallest absolute Gasteiger partial charge is 0.326 e. The molecule has 0 aromatic heterocycles. The second kappa shape index (κ2) is 8.65. The Hall–Kier alpha value is -3.21. The number of nitro benzene ring substituents is 1. The maximum atomic E-state index is 14.0. The molecule has 2 aromatic rings. The number of sulfonamides is 1. The lowest BCUT2D eigenvalue weighted by Gasteiger charge is -2.23. The Morgan fingerprint density at radius 1 is 1.25 bits per heavy atom. The third kappa shape index (κ3) is 4.55. The Morgan fingerprint density at radius 2 is 1.96 bits per heavy atom. The molecule has 0 spiro atoms. The number of non-ortho nitro benzene ring substituents is 1. The predicted octanol–water partition coefficient (Wildman–Crippen LogP) is 2.50. The van der Waals surface area contributed by atoms with E-state index in [4.69, 9.17) is 9.47 Å². The Bertz CT molecular complexity index is 995. The minimum atomic E-state index is -4.44. The van der Waals surface area contributed by atoms with Crippen LogP contribution >= 0.6 is 0 Å². The number of carbonyl (C=O) groups is 1. The van der Waals surface area contributed by atoms with Crippen LogP contribution < -0.4 is 9.04 Å². The molecule has 150 valence electrons. The third-order valence-corrected chi connectivity index (χ3v) is 5.39. The van der Waals surface area contributed by atoms with Crippen LogP contribution in [0.15, 0.2) is 47.4 Å². The fourth-order valence-corrected chi connectivity index (χ4v) is 3.75. The van der Waals surface area contributed by atoms with Crippen LogP contribution in [0, 0.1) is 15.9 Å². The van der Waals surface area contributed by atoms with Gasteiger partial charge in [0.1, 0.15) is 6.54 Å². The number of carbonyl (C=O) groups excluding carboxylic acids is 1. The van der Waals surface area contributed by atoms with Crippen molar-refractivity contribution >= 4 is 27.4 Å². The van der Waals surface area contributed by atoms with Gasteiger partial charge in [0.15, 0.2) is 11.6 Å². The number of halogens is 1. The van der Waals surface area contributed by atoms with Crippen LogP contribution in [0.5, 0.6) is 5.75 Å². The molecule has 0 aliphatic rings. The number of methoxy groups -OCH3 is 1. The molecule has 0 unspecified atom stereocenters. The van der Waals surface area contributed by atoms with Crippen molar-refractivity contribution in [3.8, 4) is 5.75 Å². The minimum Gasteiger partial charge on any atom is -0.494 e.